The van der Waals surface area contributed by atoms with Crippen molar-refractivity contribution in [1.29, 1.82) is 0 Å². The molecule has 0 aromatic heterocycles. The number of hydrogen-bond acceptors (Lipinski definition) is 6. The van der Waals surface area contributed by atoms with Gasteiger partial charge in [0.2, 0.25) is 0 Å². The van der Waals surface area contributed by atoms with Crippen molar-refractivity contribution in [2.24, 2.45) is 5.92 Å². The predicted molar refractivity (Wildman–Crippen MR) is 252 cm³/mol. The molecule has 59 heavy (non-hydrogen) atoms. The van der Waals surface area contributed by atoms with E-state index in [1.807, 2.05) is 0 Å². The van der Waals surface area contributed by atoms with Crippen molar-refractivity contribution in [3.05, 3.63) is 0 Å². The van der Waals surface area contributed by atoms with Crippen molar-refractivity contribution in [2.75, 3.05) is 13.2 Å². The summed E-state index contributed by atoms with van der Waals surface area (Å²) in [4.78, 5) is 37.9. The fraction of sp³-hybridized carbons (Fsp3) is 0.943. The second kappa shape index (κ2) is 47.5. The highest BCUT2D eigenvalue weighted by Crippen LogP contribution is 2.17. The summed E-state index contributed by atoms with van der Waals surface area (Å²) in [6.45, 7) is 8.97. The molecule has 6 heteroatoms. The summed E-state index contributed by atoms with van der Waals surface area (Å²) in [6.07, 6.45) is 49.6. The van der Waals surface area contributed by atoms with Gasteiger partial charge in [-0.25, -0.2) is 0 Å². The Kier molecular flexibility index (Phi) is 46.2. The maximum atomic E-state index is 12.8. The molecule has 0 aliphatic heterocycles. The van der Waals surface area contributed by atoms with Crippen molar-refractivity contribution >= 4 is 17.9 Å². The van der Waals surface area contributed by atoms with Crippen LogP contribution in [0.2, 0.25) is 0 Å². The molecule has 0 unspecified atom stereocenters. The van der Waals surface area contributed by atoms with Gasteiger partial charge in [-0.2, -0.15) is 0 Å². The summed E-state index contributed by atoms with van der Waals surface area (Å²) in [6, 6.07) is 0. The van der Waals surface area contributed by atoms with E-state index in [2.05, 4.69) is 27.7 Å². The third-order valence-electron chi connectivity index (χ3n) is 12.0. The standard InChI is InChI=1S/C53H102O6/c1-5-7-9-11-13-15-17-19-21-23-25-27-29-31-36-40-44-51(54)57-47-50(48-58-52(55)45-41-37-34-33-35-39-43-49(3)4)59-53(56)46-42-38-32-30-28-26-24-22-20-18-16-14-12-10-8-6-2/h49-50H,5-48H2,1-4H3/t50-/m1/s1. The second-order valence-corrected chi connectivity index (χ2v) is 18.6. The highest BCUT2D eigenvalue weighted by Gasteiger charge is 2.19. The van der Waals surface area contributed by atoms with E-state index in [1.54, 1.807) is 0 Å². The zero-order valence-electron chi connectivity index (χ0n) is 40.2. The summed E-state index contributed by atoms with van der Waals surface area (Å²) < 4.78 is 16.8. The molecular formula is C53H102O6. The van der Waals surface area contributed by atoms with E-state index in [-0.39, 0.29) is 31.1 Å². The molecule has 0 rings (SSSR count). The maximum absolute atomic E-state index is 12.8. The van der Waals surface area contributed by atoms with Gasteiger partial charge >= 0.3 is 17.9 Å². The predicted octanol–water partition coefficient (Wildman–Crippen LogP) is 17.1. The Morgan fingerprint density at radius 2 is 0.559 bits per heavy atom. The molecule has 0 saturated heterocycles. The van der Waals surface area contributed by atoms with E-state index in [4.69, 9.17) is 14.2 Å². The van der Waals surface area contributed by atoms with E-state index in [0.717, 1.165) is 63.7 Å². The van der Waals surface area contributed by atoms with Crippen LogP contribution >= 0.6 is 0 Å². The average Bonchev–Trinajstić information content (AvgIpc) is 3.22. The van der Waals surface area contributed by atoms with Crippen molar-refractivity contribution < 1.29 is 28.6 Å². The first-order valence-corrected chi connectivity index (χ1v) is 26.4. The lowest BCUT2D eigenvalue weighted by Gasteiger charge is -2.18. The zero-order chi connectivity index (χ0) is 43.1. The smallest absolute Gasteiger partial charge is 0.306 e. The van der Waals surface area contributed by atoms with Gasteiger partial charge in [-0.3, -0.25) is 14.4 Å². The molecule has 0 aliphatic rings. The minimum absolute atomic E-state index is 0.0634. The number of carbonyl (C=O) groups is 3. The summed E-state index contributed by atoms with van der Waals surface area (Å²) in [5.41, 5.74) is 0. The number of rotatable bonds is 48. The molecule has 0 spiro atoms. The van der Waals surface area contributed by atoms with Gasteiger partial charge in [0.1, 0.15) is 13.2 Å². The number of unbranched alkanes of at least 4 members (excludes halogenated alkanes) is 35. The normalized spacial score (nSPS) is 11.9. The van der Waals surface area contributed by atoms with E-state index < -0.39 is 6.10 Å². The molecule has 0 bridgehead atoms. The molecule has 0 radical (unpaired) electrons. The Morgan fingerprint density at radius 3 is 0.831 bits per heavy atom. The number of esters is 3. The summed E-state index contributed by atoms with van der Waals surface area (Å²) in [7, 11) is 0. The van der Waals surface area contributed by atoms with Crippen LogP contribution < -0.4 is 0 Å². The number of hydrogen-bond donors (Lipinski definition) is 0. The summed E-state index contributed by atoms with van der Waals surface area (Å²) in [5, 5.41) is 0. The highest BCUT2D eigenvalue weighted by molar-refractivity contribution is 5.71. The minimum Gasteiger partial charge on any atom is -0.462 e. The van der Waals surface area contributed by atoms with E-state index in [1.165, 1.54) is 193 Å². The fourth-order valence-electron chi connectivity index (χ4n) is 8.04. The van der Waals surface area contributed by atoms with E-state index in [9.17, 15) is 14.4 Å². The topological polar surface area (TPSA) is 78.9 Å². The number of carbonyl (C=O) groups excluding carboxylic acids is 3. The van der Waals surface area contributed by atoms with Crippen LogP contribution in [-0.2, 0) is 28.6 Å². The first-order chi connectivity index (χ1) is 28.9. The lowest BCUT2D eigenvalue weighted by Crippen LogP contribution is -2.30. The fourth-order valence-corrected chi connectivity index (χ4v) is 8.04. The first kappa shape index (κ1) is 57.4. The summed E-state index contributed by atoms with van der Waals surface area (Å²) >= 11 is 0. The Bertz CT molecular complexity index is 887. The summed E-state index contributed by atoms with van der Waals surface area (Å²) in [5.74, 6) is -0.0846. The lowest BCUT2D eigenvalue weighted by molar-refractivity contribution is -0.167. The molecule has 6 nitrogen and oxygen atoms in total. The minimum atomic E-state index is -0.761. The molecule has 0 N–H and O–H groups in total. The van der Waals surface area contributed by atoms with Crippen LogP contribution in [-0.4, -0.2) is 37.2 Å². The zero-order valence-corrected chi connectivity index (χ0v) is 40.2. The molecule has 0 aromatic rings. The molecule has 0 aromatic carbocycles. The third kappa shape index (κ3) is 47.3. The van der Waals surface area contributed by atoms with Crippen LogP contribution in [0.4, 0.5) is 0 Å². The molecule has 350 valence electrons. The second-order valence-electron chi connectivity index (χ2n) is 18.6. The van der Waals surface area contributed by atoms with Crippen LogP contribution in [0, 0.1) is 5.92 Å². The van der Waals surface area contributed by atoms with Gasteiger partial charge in [0.25, 0.3) is 0 Å². The monoisotopic (exact) mass is 835 g/mol. The number of ether oxygens (including phenoxy) is 3. The molecule has 0 fully saturated rings. The van der Waals surface area contributed by atoms with Crippen LogP contribution in [0.3, 0.4) is 0 Å². The van der Waals surface area contributed by atoms with Crippen LogP contribution in [0.25, 0.3) is 0 Å². The largest absolute Gasteiger partial charge is 0.462 e. The van der Waals surface area contributed by atoms with Gasteiger partial charge in [-0.1, -0.05) is 259 Å². The van der Waals surface area contributed by atoms with Gasteiger partial charge in [-0.15, -0.1) is 0 Å². The van der Waals surface area contributed by atoms with Gasteiger partial charge < -0.3 is 14.2 Å². The molecule has 0 aliphatic carbocycles. The highest BCUT2D eigenvalue weighted by atomic mass is 16.6. The molecule has 1 atom stereocenters. The lowest BCUT2D eigenvalue weighted by atomic mass is 10.0. The van der Waals surface area contributed by atoms with Crippen molar-refractivity contribution in [3.63, 3.8) is 0 Å². The quantitative estimate of drug-likeness (QED) is 0.0345. The Balaban J connectivity index is 4.25. The van der Waals surface area contributed by atoms with Crippen LogP contribution in [0.1, 0.15) is 297 Å². The molecular weight excluding hydrogens is 733 g/mol. The van der Waals surface area contributed by atoms with Gasteiger partial charge in [0.15, 0.2) is 6.10 Å². The Labute approximate surface area is 368 Å². The van der Waals surface area contributed by atoms with E-state index >= 15 is 0 Å². The molecule has 0 saturated carbocycles. The van der Waals surface area contributed by atoms with Gasteiger partial charge in [-0.05, 0) is 25.2 Å². The van der Waals surface area contributed by atoms with Gasteiger partial charge in [0.05, 0.1) is 0 Å². The van der Waals surface area contributed by atoms with Crippen molar-refractivity contribution in [3.8, 4) is 0 Å². The van der Waals surface area contributed by atoms with Crippen molar-refractivity contribution in [2.45, 2.75) is 303 Å². The maximum Gasteiger partial charge on any atom is 0.306 e. The Morgan fingerprint density at radius 1 is 0.322 bits per heavy atom. The average molecular weight is 835 g/mol. The molecule has 0 amide bonds. The third-order valence-corrected chi connectivity index (χ3v) is 12.0. The molecule has 0 heterocycles. The Hall–Kier alpha value is -1.59. The first-order valence-electron chi connectivity index (χ1n) is 26.4. The van der Waals surface area contributed by atoms with Gasteiger partial charge in [0, 0.05) is 19.3 Å². The van der Waals surface area contributed by atoms with E-state index in [0.29, 0.717) is 19.3 Å². The van der Waals surface area contributed by atoms with Crippen molar-refractivity contribution in [1.82, 2.24) is 0 Å². The van der Waals surface area contributed by atoms with Crippen LogP contribution in [0.15, 0.2) is 0 Å². The SMILES string of the molecule is CCCCCCCCCCCCCCCCCCC(=O)OC[C@H](COC(=O)CCCCCCCCC(C)C)OC(=O)CCCCCCCCCCCCCCCCCC. The van der Waals surface area contributed by atoms with Crippen LogP contribution in [0.5, 0.6) is 0 Å².